The fraction of sp³-hybridized carbons (Fsp3) is 0.343. The van der Waals surface area contributed by atoms with Crippen LogP contribution in [0.5, 0.6) is 0 Å². The standard InChI is InChI=1S/C35H44N10O3S2/c1-6-44(7-2)24-16-18-27(36)29(21-24)37-33-39-34(41-35(40-33)49-10-5)38-30-22-25(45(8-3)9-4)17-19-28(30)42-43-32-26-14-12-11-13-23(26)15-20-31(32)50(46,47)48/h13-22H,6-12,36H2,1-5H3,(H,46,47,48)(H2,37,38,39,40,41). The molecule has 0 fully saturated rings. The number of nitrogens with zero attached hydrogens (tertiary/aromatic N) is 7. The van der Waals surface area contributed by atoms with Crippen molar-refractivity contribution in [1.29, 1.82) is 0 Å². The van der Waals surface area contributed by atoms with E-state index in [0.717, 1.165) is 61.4 Å². The van der Waals surface area contributed by atoms with Crippen LogP contribution in [0.2, 0.25) is 0 Å². The molecule has 1 heterocycles. The number of rotatable bonds is 15. The Balaban J connectivity index is 1.59. The van der Waals surface area contributed by atoms with Crippen molar-refractivity contribution in [3.63, 3.8) is 0 Å². The van der Waals surface area contributed by atoms with Gasteiger partial charge in [-0.15, -0.1) is 10.2 Å². The van der Waals surface area contributed by atoms with Crippen molar-refractivity contribution in [2.75, 3.05) is 58.1 Å². The first-order chi connectivity index (χ1) is 24.1. The minimum absolute atomic E-state index is 0.0810. The lowest BCUT2D eigenvalue weighted by Gasteiger charge is -2.22. The van der Waals surface area contributed by atoms with Crippen molar-refractivity contribution in [3.05, 3.63) is 59.0 Å². The number of thioether (sulfide) groups is 1. The molecule has 0 amide bonds. The van der Waals surface area contributed by atoms with Gasteiger partial charge in [-0.1, -0.05) is 36.9 Å². The van der Waals surface area contributed by atoms with Crippen LogP contribution in [0.3, 0.4) is 0 Å². The van der Waals surface area contributed by atoms with E-state index in [1.54, 1.807) is 12.1 Å². The number of aromatic nitrogens is 3. The average molecular weight is 717 g/mol. The molecule has 50 heavy (non-hydrogen) atoms. The molecule has 0 saturated carbocycles. The molecule has 0 unspecified atom stereocenters. The van der Waals surface area contributed by atoms with Gasteiger partial charge in [0, 0.05) is 42.8 Å². The number of anilines is 7. The fourth-order valence-electron chi connectivity index (χ4n) is 5.72. The number of hydrogen-bond acceptors (Lipinski definition) is 13. The molecule has 264 valence electrons. The van der Waals surface area contributed by atoms with Crippen LogP contribution < -0.4 is 36.6 Å². The van der Waals surface area contributed by atoms with E-state index in [0.29, 0.717) is 39.1 Å². The molecule has 0 spiro atoms. The van der Waals surface area contributed by atoms with E-state index in [1.165, 1.54) is 17.8 Å². The number of hydrogen-bond donors (Lipinski definition) is 4. The first-order valence-corrected chi connectivity index (χ1v) is 19.2. The second-order valence-electron chi connectivity index (χ2n) is 11.3. The predicted molar refractivity (Wildman–Crippen MR) is 205 cm³/mol. The van der Waals surface area contributed by atoms with Crippen molar-refractivity contribution in [2.45, 2.75) is 57.5 Å². The van der Waals surface area contributed by atoms with Gasteiger partial charge in [-0.05, 0) is 94.0 Å². The maximum Gasteiger partial charge on any atom is 0.296 e. The zero-order valence-corrected chi connectivity index (χ0v) is 30.6. The van der Waals surface area contributed by atoms with E-state index in [2.05, 4.69) is 68.3 Å². The number of benzene rings is 3. The summed E-state index contributed by atoms with van der Waals surface area (Å²) in [6, 6.07) is 14.5. The fourth-order valence-corrected chi connectivity index (χ4v) is 6.91. The second kappa shape index (κ2) is 16.3. The Labute approximate surface area is 297 Å². The Morgan fingerprint density at radius 2 is 1.40 bits per heavy atom. The van der Waals surface area contributed by atoms with E-state index in [-0.39, 0.29) is 16.5 Å². The Hall–Kier alpha value is -4.73. The number of nitrogens with two attached hydrogens (primary N) is 1. The highest BCUT2D eigenvalue weighted by molar-refractivity contribution is 7.99. The highest BCUT2D eigenvalue weighted by Crippen LogP contribution is 2.35. The Kier molecular flexibility index (Phi) is 11.9. The molecule has 4 aromatic rings. The van der Waals surface area contributed by atoms with Crippen LogP contribution in [-0.4, -0.2) is 59.9 Å². The Bertz CT molecular complexity index is 2100. The monoisotopic (exact) mass is 716 g/mol. The van der Waals surface area contributed by atoms with E-state index < -0.39 is 10.1 Å². The molecule has 0 radical (unpaired) electrons. The van der Waals surface area contributed by atoms with Crippen molar-refractivity contribution in [1.82, 2.24) is 15.0 Å². The van der Waals surface area contributed by atoms with Gasteiger partial charge in [0.05, 0.1) is 17.1 Å². The third-order valence-electron chi connectivity index (χ3n) is 8.28. The predicted octanol–water partition coefficient (Wildman–Crippen LogP) is 6.76. The smallest absolute Gasteiger partial charge is 0.296 e. The summed E-state index contributed by atoms with van der Waals surface area (Å²) in [7, 11) is -4.57. The maximum absolute atomic E-state index is 12.4. The third-order valence-corrected chi connectivity index (χ3v) is 9.90. The SMILES string of the molecule is CCSc1nc(Nc2cc(N(CC)CC)ccc2N)nc(Nc2cc(N(CC)CC)ccc2N=Nc2c(S(=O)(=O)O)ccc3c2=CCCC=3)n1. The summed E-state index contributed by atoms with van der Waals surface area (Å²) in [6.45, 7) is 13.6. The number of fused-ring (bicyclic) bond motifs is 1. The molecular weight excluding hydrogens is 673 g/mol. The molecule has 15 heteroatoms. The minimum Gasteiger partial charge on any atom is -0.397 e. The summed E-state index contributed by atoms with van der Waals surface area (Å²) in [5, 5.41) is 17.5. The average Bonchev–Trinajstić information content (AvgIpc) is 3.09. The van der Waals surface area contributed by atoms with Crippen LogP contribution in [0.15, 0.2) is 68.8 Å². The minimum atomic E-state index is -4.57. The van der Waals surface area contributed by atoms with E-state index in [9.17, 15) is 13.0 Å². The van der Waals surface area contributed by atoms with Gasteiger partial charge in [0.1, 0.15) is 16.3 Å². The summed E-state index contributed by atoms with van der Waals surface area (Å²) >= 11 is 1.47. The first kappa shape index (κ1) is 36.5. The van der Waals surface area contributed by atoms with Crippen LogP contribution in [-0.2, 0) is 10.1 Å². The van der Waals surface area contributed by atoms with Crippen LogP contribution >= 0.6 is 11.8 Å². The summed E-state index contributed by atoms with van der Waals surface area (Å²) in [5.74, 6) is 1.32. The zero-order valence-electron chi connectivity index (χ0n) is 29.0. The second-order valence-corrected chi connectivity index (χ2v) is 14.0. The van der Waals surface area contributed by atoms with Gasteiger partial charge in [0.15, 0.2) is 5.16 Å². The Morgan fingerprint density at radius 3 is 2.02 bits per heavy atom. The molecule has 5 N–H and O–H groups in total. The van der Waals surface area contributed by atoms with Crippen molar-refractivity contribution in [3.8, 4) is 0 Å². The molecule has 13 nitrogen and oxygen atoms in total. The molecule has 0 aliphatic heterocycles. The van der Waals surface area contributed by atoms with Gasteiger partial charge < -0.3 is 26.2 Å². The molecular formula is C35H44N10O3S2. The summed E-state index contributed by atoms with van der Waals surface area (Å²) in [5.41, 5.74) is 10.6. The lowest BCUT2D eigenvalue weighted by Crippen LogP contribution is -2.28. The first-order valence-electron chi connectivity index (χ1n) is 16.8. The number of nitrogen functional groups attached to an aromatic ring is 1. The molecule has 5 rings (SSSR count). The van der Waals surface area contributed by atoms with Crippen LogP contribution in [0, 0.1) is 0 Å². The van der Waals surface area contributed by atoms with Crippen molar-refractivity contribution >= 4 is 85.7 Å². The normalized spacial score (nSPS) is 12.6. The van der Waals surface area contributed by atoms with E-state index in [4.69, 9.17) is 10.7 Å². The van der Waals surface area contributed by atoms with E-state index >= 15 is 0 Å². The molecule has 0 atom stereocenters. The lowest BCUT2D eigenvalue weighted by molar-refractivity contribution is 0.483. The zero-order chi connectivity index (χ0) is 35.8. The number of nitrogens with one attached hydrogen (secondary N) is 2. The van der Waals surface area contributed by atoms with Crippen molar-refractivity contribution in [2.24, 2.45) is 10.2 Å². The summed E-state index contributed by atoms with van der Waals surface area (Å²) < 4.78 is 34.8. The summed E-state index contributed by atoms with van der Waals surface area (Å²) in [4.78, 5) is 18.1. The molecule has 1 aliphatic carbocycles. The topological polar surface area (TPSA) is 174 Å². The molecule has 0 saturated heterocycles. The van der Waals surface area contributed by atoms with Gasteiger partial charge >= 0.3 is 0 Å². The van der Waals surface area contributed by atoms with E-state index in [1.807, 2.05) is 49.4 Å². The lowest BCUT2D eigenvalue weighted by atomic mass is 10.1. The van der Waals surface area contributed by atoms with Gasteiger partial charge in [-0.2, -0.15) is 23.4 Å². The quantitative estimate of drug-likeness (QED) is 0.0441. The molecule has 0 bridgehead atoms. The maximum atomic E-state index is 12.4. The van der Waals surface area contributed by atoms with Gasteiger partial charge in [0.25, 0.3) is 10.1 Å². The molecule has 1 aromatic heterocycles. The van der Waals surface area contributed by atoms with Gasteiger partial charge in [-0.25, -0.2) is 0 Å². The van der Waals surface area contributed by atoms with Crippen LogP contribution in [0.1, 0.15) is 47.5 Å². The van der Waals surface area contributed by atoms with Gasteiger partial charge in [0.2, 0.25) is 11.9 Å². The van der Waals surface area contributed by atoms with Crippen molar-refractivity contribution < 1.29 is 13.0 Å². The molecule has 3 aromatic carbocycles. The van der Waals surface area contributed by atoms with Crippen LogP contribution in [0.4, 0.5) is 51.7 Å². The van der Waals surface area contributed by atoms with Gasteiger partial charge in [-0.3, -0.25) is 4.55 Å². The largest absolute Gasteiger partial charge is 0.397 e. The Morgan fingerprint density at radius 1 is 0.800 bits per heavy atom. The highest BCUT2D eigenvalue weighted by atomic mass is 32.2. The van der Waals surface area contributed by atoms with Crippen LogP contribution in [0.25, 0.3) is 12.2 Å². The highest BCUT2D eigenvalue weighted by Gasteiger charge is 2.19. The summed E-state index contributed by atoms with van der Waals surface area (Å²) in [6.07, 6.45) is 5.47. The number of azo groups is 1. The third kappa shape index (κ3) is 8.52. The molecule has 1 aliphatic rings.